The van der Waals surface area contributed by atoms with Crippen molar-refractivity contribution in [2.75, 3.05) is 6.54 Å². The van der Waals surface area contributed by atoms with E-state index < -0.39 is 5.60 Å². The van der Waals surface area contributed by atoms with Gasteiger partial charge in [0.2, 0.25) is 0 Å². The summed E-state index contributed by atoms with van der Waals surface area (Å²) in [5, 5.41) is 13.6. The molecule has 0 bridgehead atoms. The SMILES string of the molecule is O[C@]1(c2ccccc2)CC[NH2+][C@@H]2CCCC[C@@H]21. The van der Waals surface area contributed by atoms with E-state index in [1.54, 1.807) is 0 Å². The first-order valence-electron chi connectivity index (χ1n) is 6.92. The maximum absolute atomic E-state index is 11.1. The average Bonchev–Trinajstić information content (AvgIpc) is 2.40. The summed E-state index contributed by atoms with van der Waals surface area (Å²) >= 11 is 0. The van der Waals surface area contributed by atoms with Crippen LogP contribution in [0.25, 0.3) is 0 Å². The number of fused-ring (bicyclic) bond motifs is 1. The van der Waals surface area contributed by atoms with Crippen molar-refractivity contribution >= 4 is 0 Å². The van der Waals surface area contributed by atoms with Crippen molar-refractivity contribution in [3.8, 4) is 0 Å². The summed E-state index contributed by atoms with van der Waals surface area (Å²) in [6.45, 7) is 1.06. The van der Waals surface area contributed by atoms with Gasteiger partial charge in [-0.3, -0.25) is 0 Å². The normalized spacial score (nSPS) is 37.5. The molecule has 2 aliphatic rings. The summed E-state index contributed by atoms with van der Waals surface area (Å²) in [7, 11) is 0. The molecule has 3 atom stereocenters. The van der Waals surface area contributed by atoms with Gasteiger partial charge in [0.1, 0.15) is 5.60 Å². The van der Waals surface area contributed by atoms with Crippen LogP contribution >= 0.6 is 0 Å². The number of hydrogen-bond acceptors (Lipinski definition) is 1. The van der Waals surface area contributed by atoms with Crippen molar-refractivity contribution in [3.05, 3.63) is 35.9 Å². The molecule has 1 aromatic carbocycles. The number of aliphatic hydroxyl groups is 1. The van der Waals surface area contributed by atoms with Gasteiger partial charge in [-0.1, -0.05) is 36.8 Å². The Bertz CT molecular complexity index is 376. The van der Waals surface area contributed by atoms with Crippen LogP contribution in [0.1, 0.15) is 37.7 Å². The summed E-state index contributed by atoms with van der Waals surface area (Å²) in [6.07, 6.45) is 5.98. The summed E-state index contributed by atoms with van der Waals surface area (Å²) < 4.78 is 0. The lowest BCUT2D eigenvalue weighted by molar-refractivity contribution is -0.715. The van der Waals surface area contributed by atoms with Gasteiger partial charge >= 0.3 is 0 Å². The van der Waals surface area contributed by atoms with Crippen molar-refractivity contribution in [2.45, 2.75) is 43.7 Å². The van der Waals surface area contributed by atoms with Crippen LogP contribution in [0, 0.1) is 5.92 Å². The maximum atomic E-state index is 11.1. The molecule has 0 aromatic heterocycles. The molecule has 2 heteroatoms. The van der Waals surface area contributed by atoms with E-state index in [-0.39, 0.29) is 0 Å². The fraction of sp³-hybridized carbons (Fsp3) is 0.600. The number of nitrogens with two attached hydrogens (primary N) is 1. The zero-order valence-corrected chi connectivity index (χ0v) is 10.3. The van der Waals surface area contributed by atoms with E-state index in [2.05, 4.69) is 17.4 Å². The largest absolute Gasteiger partial charge is 0.384 e. The van der Waals surface area contributed by atoms with Gasteiger partial charge in [0.15, 0.2) is 0 Å². The van der Waals surface area contributed by atoms with E-state index in [0.29, 0.717) is 12.0 Å². The standard InChI is InChI=1S/C15H21NO/c17-15(12-6-2-1-3-7-12)10-11-16-14-9-5-4-8-13(14)15/h1-3,6-7,13-14,16-17H,4-5,8-11H2/p+1/t13-,14+,15-/m0/s1. The highest BCUT2D eigenvalue weighted by atomic mass is 16.3. The zero-order valence-electron chi connectivity index (χ0n) is 10.3. The van der Waals surface area contributed by atoms with Crippen LogP contribution in [0.3, 0.4) is 0 Å². The molecular weight excluding hydrogens is 210 g/mol. The molecule has 0 unspecified atom stereocenters. The number of piperidine rings is 1. The van der Waals surface area contributed by atoms with Gasteiger partial charge in [-0.05, 0) is 24.8 Å². The molecule has 1 saturated heterocycles. The molecule has 2 fully saturated rings. The Morgan fingerprint density at radius 3 is 2.71 bits per heavy atom. The molecule has 0 spiro atoms. The Morgan fingerprint density at radius 1 is 1.12 bits per heavy atom. The highest BCUT2D eigenvalue weighted by Crippen LogP contribution is 2.41. The van der Waals surface area contributed by atoms with Crippen LogP contribution in [0.5, 0.6) is 0 Å². The van der Waals surface area contributed by atoms with Gasteiger partial charge in [-0.15, -0.1) is 0 Å². The first-order valence-corrected chi connectivity index (χ1v) is 6.92. The molecule has 1 aromatic rings. The van der Waals surface area contributed by atoms with Crippen LogP contribution in [0.4, 0.5) is 0 Å². The predicted molar refractivity (Wildman–Crippen MR) is 67.5 cm³/mol. The molecule has 17 heavy (non-hydrogen) atoms. The van der Waals surface area contributed by atoms with Crippen molar-refractivity contribution in [2.24, 2.45) is 5.92 Å². The predicted octanol–water partition coefficient (Wildman–Crippen LogP) is 1.40. The lowest BCUT2D eigenvalue weighted by Gasteiger charge is -2.45. The first-order chi connectivity index (χ1) is 8.31. The molecule has 92 valence electrons. The van der Waals surface area contributed by atoms with Gasteiger partial charge < -0.3 is 10.4 Å². The molecule has 1 saturated carbocycles. The second-order valence-electron chi connectivity index (χ2n) is 5.62. The highest BCUT2D eigenvalue weighted by Gasteiger charge is 2.48. The molecule has 1 aliphatic heterocycles. The van der Waals surface area contributed by atoms with Crippen molar-refractivity contribution in [3.63, 3.8) is 0 Å². The maximum Gasteiger partial charge on any atom is 0.103 e. The lowest BCUT2D eigenvalue weighted by atomic mass is 9.67. The fourth-order valence-corrected chi connectivity index (χ4v) is 3.82. The number of hydrogen-bond donors (Lipinski definition) is 2. The molecule has 0 radical (unpaired) electrons. The number of benzene rings is 1. The average molecular weight is 232 g/mol. The summed E-state index contributed by atoms with van der Waals surface area (Å²) in [5.41, 5.74) is 0.561. The second-order valence-corrected chi connectivity index (χ2v) is 5.62. The van der Waals surface area contributed by atoms with Crippen LogP contribution in [0.2, 0.25) is 0 Å². The van der Waals surface area contributed by atoms with Gasteiger partial charge in [-0.25, -0.2) is 0 Å². The lowest BCUT2D eigenvalue weighted by Crippen LogP contribution is -2.95. The third kappa shape index (κ3) is 1.90. The summed E-state index contributed by atoms with van der Waals surface area (Å²) in [4.78, 5) is 0. The third-order valence-electron chi connectivity index (χ3n) is 4.70. The second kappa shape index (κ2) is 4.43. The van der Waals surface area contributed by atoms with Crippen molar-refractivity contribution in [1.82, 2.24) is 0 Å². The Morgan fingerprint density at radius 2 is 1.88 bits per heavy atom. The fourth-order valence-electron chi connectivity index (χ4n) is 3.82. The molecular formula is C15H22NO+. The zero-order chi connectivity index (χ0) is 11.7. The van der Waals surface area contributed by atoms with Gasteiger partial charge in [-0.2, -0.15) is 0 Å². The van der Waals surface area contributed by atoms with E-state index in [1.807, 2.05) is 18.2 Å². The molecule has 3 rings (SSSR count). The summed E-state index contributed by atoms with van der Waals surface area (Å²) in [5.74, 6) is 0.451. The molecule has 2 nitrogen and oxygen atoms in total. The quantitative estimate of drug-likeness (QED) is 0.754. The van der Waals surface area contributed by atoms with Crippen LogP contribution < -0.4 is 5.32 Å². The van der Waals surface area contributed by atoms with E-state index in [9.17, 15) is 5.11 Å². The Kier molecular flexibility index (Phi) is 2.93. The molecule has 1 heterocycles. The minimum Gasteiger partial charge on any atom is -0.384 e. The molecule has 0 amide bonds. The number of rotatable bonds is 1. The summed E-state index contributed by atoms with van der Waals surface area (Å²) in [6, 6.07) is 10.9. The van der Waals surface area contributed by atoms with Crippen molar-refractivity contribution < 1.29 is 10.4 Å². The Hall–Kier alpha value is -0.860. The minimum absolute atomic E-state index is 0.451. The van der Waals surface area contributed by atoms with E-state index in [1.165, 1.54) is 25.7 Å². The van der Waals surface area contributed by atoms with Crippen LogP contribution in [-0.2, 0) is 5.60 Å². The highest BCUT2D eigenvalue weighted by molar-refractivity contribution is 5.24. The van der Waals surface area contributed by atoms with Gasteiger partial charge in [0, 0.05) is 12.3 Å². The Labute approximate surface area is 103 Å². The topological polar surface area (TPSA) is 36.8 Å². The number of quaternary nitrogens is 1. The van der Waals surface area contributed by atoms with Crippen LogP contribution in [-0.4, -0.2) is 17.7 Å². The first kappa shape index (κ1) is 11.2. The van der Waals surface area contributed by atoms with Gasteiger partial charge in [0.05, 0.1) is 12.6 Å². The molecule has 3 N–H and O–H groups in total. The van der Waals surface area contributed by atoms with Crippen molar-refractivity contribution in [1.29, 1.82) is 0 Å². The Balaban J connectivity index is 1.94. The minimum atomic E-state index is -0.568. The van der Waals surface area contributed by atoms with Crippen LogP contribution in [0.15, 0.2) is 30.3 Å². The van der Waals surface area contributed by atoms with E-state index >= 15 is 0 Å². The van der Waals surface area contributed by atoms with Gasteiger partial charge in [0.25, 0.3) is 0 Å². The van der Waals surface area contributed by atoms with E-state index in [4.69, 9.17) is 0 Å². The molecule has 1 aliphatic carbocycles. The smallest absolute Gasteiger partial charge is 0.103 e. The third-order valence-corrected chi connectivity index (χ3v) is 4.70. The monoisotopic (exact) mass is 232 g/mol. The van der Waals surface area contributed by atoms with E-state index in [0.717, 1.165) is 18.5 Å².